The molecule has 0 bridgehead atoms. The standard InChI is InChI=1S/C41H70O5Si3/c1-31(24-23-29-44-49(41(8,9)10,35-25-19-17-20-26-35)36-27-21-18-22-28-36)37(42)33(3)39(46-47(12,13)14)34(4)38(43-11)32(2)30-45-48(15,16)40(5,6)7/h17-22,24-28,32-34,38-39H,23,29-30H2,1-16H3/b31-24+/t32-,33+,34+,38+,39-/m0/s1. The fourth-order valence-electron chi connectivity index (χ4n) is 6.73. The Labute approximate surface area is 304 Å². The summed E-state index contributed by atoms with van der Waals surface area (Å²) in [5.41, 5.74) is 0.762. The average Bonchev–Trinajstić information content (AvgIpc) is 3.01. The van der Waals surface area contributed by atoms with Crippen molar-refractivity contribution in [2.24, 2.45) is 17.8 Å². The minimum atomic E-state index is -2.64. The Kier molecular flexibility index (Phi) is 15.7. The van der Waals surface area contributed by atoms with Gasteiger partial charge in [-0.1, -0.05) is 129 Å². The maximum Gasteiger partial charge on any atom is 0.261 e. The van der Waals surface area contributed by atoms with Crippen LogP contribution in [0.2, 0.25) is 42.8 Å². The molecule has 2 aromatic carbocycles. The van der Waals surface area contributed by atoms with Crippen LogP contribution in [0, 0.1) is 17.8 Å². The van der Waals surface area contributed by atoms with Gasteiger partial charge in [0.15, 0.2) is 22.4 Å². The van der Waals surface area contributed by atoms with Gasteiger partial charge in [0.05, 0.1) is 12.2 Å². The number of carbonyl (C=O) groups excluding carboxylic acids is 1. The largest absolute Gasteiger partial charge is 0.416 e. The van der Waals surface area contributed by atoms with E-state index in [4.69, 9.17) is 18.0 Å². The summed E-state index contributed by atoms with van der Waals surface area (Å²) < 4.78 is 26.7. The van der Waals surface area contributed by atoms with E-state index in [-0.39, 0.29) is 45.8 Å². The van der Waals surface area contributed by atoms with Crippen LogP contribution in [0.15, 0.2) is 72.3 Å². The first kappa shape index (κ1) is 43.5. The predicted octanol–water partition coefficient (Wildman–Crippen LogP) is 9.63. The third kappa shape index (κ3) is 11.4. The lowest BCUT2D eigenvalue weighted by atomic mass is 9.81. The zero-order valence-electron chi connectivity index (χ0n) is 33.9. The molecule has 0 radical (unpaired) electrons. The van der Waals surface area contributed by atoms with Gasteiger partial charge in [-0.15, -0.1) is 0 Å². The number of ketones is 1. The first-order valence-corrected chi connectivity index (χ1v) is 26.5. The van der Waals surface area contributed by atoms with E-state index in [2.05, 4.69) is 155 Å². The Hall–Kier alpha value is -1.66. The molecule has 0 saturated carbocycles. The molecular weight excluding hydrogens is 657 g/mol. The van der Waals surface area contributed by atoms with Crippen molar-refractivity contribution in [3.8, 4) is 0 Å². The summed E-state index contributed by atoms with van der Waals surface area (Å²) in [5.74, 6) is -0.0401. The van der Waals surface area contributed by atoms with Gasteiger partial charge in [-0.05, 0) is 72.1 Å². The quantitative estimate of drug-likeness (QED) is 0.0870. The van der Waals surface area contributed by atoms with Crippen LogP contribution < -0.4 is 10.4 Å². The van der Waals surface area contributed by atoms with E-state index in [1.807, 2.05) is 13.8 Å². The number of rotatable bonds is 18. The van der Waals surface area contributed by atoms with E-state index < -0.39 is 25.0 Å². The van der Waals surface area contributed by atoms with Gasteiger partial charge < -0.3 is 18.0 Å². The van der Waals surface area contributed by atoms with Gasteiger partial charge in [0.25, 0.3) is 8.32 Å². The molecule has 49 heavy (non-hydrogen) atoms. The number of hydrogen-bond acceptors (Lipinski definition) is 5. The SMILES string of the molecule is CO[C@@H]([C@@H](C)[C@@H](O[Si](C)(C)C)[C@H](C)C(=O)/C(C)=C/CCO[Si](c1ccccc1)(c1ccccc1)C(C)(C)C)[C@@H](C)CO[Si](C)(C)C(C)(C)C. The molecule has 0 aliphatic heterocycles. The van der Waals surface area contributed by atoms with E-state index in [0.29, 0.717) is 19.6 Å². The Morgan fingerprint density at radius 3 is 1.65 bits per heavy atom. The zero-order valence-corrected chi connectivity index (χ0v) is 36.9. The number of Topliss-reactive ketones (excluding diaryl/α,β-unsaturated/α-hetero) is 1. The molecule has 0 N–H and O–H groups in total. The van der Waals surface area contributed by atoms with Crippen molar-refractivity contribution in [3.63, 3.8) is 0 Å². The summed E-state index contributed by atoms with van der Waals surface area (Å²) in [7, 11) is -4.76. The summed E-state index contributed by atoms with van der Waals surface area (Å²) >= 11 is 0. The average molecular weight is 727 g/mol. The lowest BCUT2D eigenvalue weighted by Crippen LogP contribution is -2.66. The fourth-order valence-corrected chi connectivity index (χ4v) is 13.7. The van der Waals surface area contributed by atoms with Crippen LogP contribution in [0.1, 0.15) is 75.7 Å². The second kappa shape index (κ2) is 17.7. The molecule has 0 aliphatic carbocycles. The van der Waals surface area contributed by atoms with Crippen LogP contribution in [-0.2, 0) is 22.8 Å². The molecule has 0 saturated heterocycles. The van der Waals surface area contributed by atoms with Crippen molar-refractivity contribution in [1.82, 2.24) is 0 Å². The molecule has 2 rings (SSSR count). The Balaban J connectivity index is 2.29. The zero-order chi connectivity index (χ0) is 37.4. The Morgan fingerprint density at radius 2 is 1.24 bits per heavy atom. The van der Waals surface area contributed by atoms with Crippen molar-refractivity contribution < 1.29 is 22.8 Å². The molecular formula is C41H70O5Si3. The van der Waals surface area contributed by atoms with Crippen LogP contribution in [-0.4, -0.2) is 63.3 Å². The number of carbonyl (C=O) groups is 1. The highest BCUT2D eigenvalue weighted by atomic mass is 28.4. The van der Waals surface area contributed by atoms with Crippen molar-refractivity contribution in [2.45, 2.75) is 131 Å². The van der Waals surface area contributed by atoms with E-state index in [0.717, 1.165) is 5.57 Å². The molecule has 0 unspecified atom stereocenters. The van der Waals surface area contributed by atoms with Gasteiger partial charge in [0.1, 0.15) is 0 Å². The highest BCUT2D eigenvalue weighted by molar-refractivity contribution is 6.99. The number of benzene rings is 2. The molecule has 0 heterocycles. The first-order chi connectivity index (χ1) is 22.5. The van der Waals surface area contributed by atoms with Gasteiger partial charge in [0, 0.05) is 38.1 Å². The topological polar surface area (TPSA) is 54.0 Å². The van der Waals surface area contributed by atoms with Crippen LogP contribution in [0.3, 0.4) is 0 Å². The van der Waals surface area contributed by atoms with Crippen molar-refractivity contribution in [2.75, 3.05) is 20.3 Å². The number of methoxy groups -OCH3 is 1. The van der Waals surface area contributed by atoms with Gasteiger partial charge in [0.2, 0.25) is 0 Å². The van der Waals surface area contributed by atoms with E-state index in [1.165, 1.54) is 10.4 Å². The Bertz CT molecular complexity index is 1280. The van der Waals surface area contributed by atoms with Crippen LogP contribution in [0.25, 0.3) is 0 Å². The molecule has 0 amide bonds. The van der Waals surface area contributed by atoms with E-state index >= 15 is 0 Å². The number of allylic oxidation sites excluding steroid dienone is 1. The maximum atomic E-state index is 14.1. The minimum Gasteiger partial charge on any atom is -0.416 e. The predicted molar refractivity (Wildman–Crippen MR) is 217 cm³/mol. The fraction of sp³-hybridized carbons (Fsp3) is 0.634. The van der Waals surface area contributed by atoms with Gasteiger partial charge >= 0.3 is 0 Å². The third-order valence-corrected chi connectivity index (χ3v) is 21.0. The second-order valence-electron chi connectivity index (χ2n) is 17.6. The van der Waals surface area contributed by atoms with Gasteiger partial charge in [-0.2, -0.15) is 0 Å². The molecule has 0 fully saturated rings. The normalized spacial score (nSPS) is 16.9. The lowest BCUT2D eigenvalue weighted by molar-refractivity contribution is -0.125. The second-order valence-corrected chi connectivity index (χ2v) is 31.2. The Morgan fingerprint density at radius 1 is 0.755 bits per heavy atom. The van der Waals surface area contributed by atoms with Crippen molar-refractivity contribution in [3.05, 3.63) is 72.3 Å². The summed E-state index contributed by atoms with van der Waals surface area (Å²) in [6.45, 7) is 34.4. The molecule has 0 spiro atoms. The number of ether oxygens (including phenoxy) is 1. The summed E-state index contributed by atoms with van der Waals surface area (Å²) in [5, 5.41) is 2.56. The summed E-state index contributed by atoms with van der Waals surface area (Å²) in [4.78, 5) is 14.1. The third-order valence-electron chi connectivity index (χ3n) is 10.5. The number of hydrogen-bond donors (Lipinski definition) is 0. The molecule has 2 aromatic rings. The van der Waals surface area contributed by atoms with Crippen LogP contribution in [0.5, 0.6) is 0 Å². The first-order valence-electron chi connectivity index (χ1n) is 18.3. The molecule has 5 atom stereocenters. The highest BCUT2D eigenvalue weighted by Crippen LogP contribution is 2.38. The van der Waals surface area contributed by atoms with E-state index in [9.17, 15) is 4.79 Å². The van der Waals surface area contributed by atoms with Crippen molar-refractivity contribution in [1.29, 1.82) is 0 Å². The summed E-state index contributed by atoms with van der Waals surface area (Å²) in [6.07, 6.45) is 2.35. The minimum absolute atomic E-state index is 0.0000270. The van der Waals surface area contributed by atoms with Crippen LogP contribution >= 0.6 is 0 Å². The highest BCUT2D eigenvalue weighted by Gasteiger charge is 2.50. The molecule has 5 nitrogen and oxygen atoms in total. The lowest BCUT2D eigenvalue weighted by Gasteiger charge is -2.43. The monoisotopic (exact) mass is 726 g/mol. The molecule has 276 valence electrons. The maximum absolute atomic E-state index is 14.1. The van der Waals surface area contributed by atoms with Gasteiger partial charge in [-0.25, -0.2) is 0 Å². The van der Waals surface area contributed by atoms with Crippen LogP contribution in [0.4, 0.5) is 0 Å². The molecule has 0 aromatic heterocycles. The molecule has 0 aliphatic rings. The van der Waals surface area contributed by atoms with Gasteiger partial charge in [-0.3, -0.25) is 4.79 Å². The van der Waals surface area contributed by atoms with E-state index in [1.54, 1.807) is 7.11 Å². The van der Waals surface area contributed by atoms with Crippen molar-refractivity contribution >= 4 is 41.1 Å². The smallest absolute Gasteiger partial charge is 0.261 e. The summed E-state index contributed by atoms with van der Waals surface area (Å²) in [6, 6.07) is 21.4. The molecule has 8 heteroatoms.